The number of hydrogen-bond acceptors (Lipinski definition) is 4. The van der Waals surface area contributed by atoms with Gasteiger partial charge in [-0.1, -0.05) is 60.7 Å². The van der Waals surface area contributed by atoms with E-state index in [2.05, 4.69) is 9.97 Å². The van der Waals surface area contributed by atoms with Crippen LogP contribution in [0, 0.1) is 13.8 Å². The van der Waals surface area contributed by atoms with Gasteiger partial charge < -0.3 is 10.2 Å². The third kappa shape index (κ3) is 3.38. The third-order valence-corrected chi connectivity index (χ3v) is 6.82. The highest BCUT2D eigenvalue weighted by Gasteiger charge is 2.24. The molecule has 0 radical (unpaired) electrons. The number of rotatable bonds is 3. The average Bonchev–Trinajstić information content (AvgIpc) is 2.90. The largest absolute Gasteiger partial charge is 0.507 e. The maximum absolute atomic E-state index is 11.9. The summed E-state index contributed by atoms with van der Waals surface area (Å²) in [6.45, 7) is 3.96. The second-order valence-corrected chi connectivity index (χ2v) is 9.08. The minimum absolute atomic E-state index is 0.0887. The van der Waals surface area contributed by atoms with Crippen molar-refractivity contribution >= 4 is 21.5 Å². The fourth-order valence-electron chi connectivity index (χ4n) is 5.08. The van der Waals surface area contributed by atoms with E-state index in [-0.39, 0.29) is 11.5 Å². The molecule has 0 atom stereocenters. The number of phenols is 2. The van der Waals surface area contributed by atoms with Gasteiger partial charge in [0.25, 0.3) is 0 Å². The van der Waals surface area contributed by atoms with Crippen LogP contribution in [0.1, 0.15) is 11.1 Å². The molecule has 0 amide bonds. The van der Waals surface area contributed by atoms with Crippen molar-refractivity contribution in [3.8, 4) is 45.1 Å². The van der Waals surface area contributed by atoms with Crippen molar-refractivity contribution in [2.45, 2.75) is 13.8 Å². The monoisotopic (exact) mass is 468 g/mol. The van der Waals surface area contributed by atoms with E-state index < -0.39 is 0 Å². The normalized spacial score (nSPS) is 11.3. The van der Waals surface area contributed by atoms with Crippen LogP contribution < -0.4 is 0 Å². The number of fused-ring (bicyclic) bond motifs is 2. The predicted octanol–water partition coefficient (Wildman–Crippen LogP) is 7.81. The highest BCUT2D eigenvalue weighted by atomic mass is 16.3. The van der Waals surface area contributed by atoms with Crippen LogP contribution in [0.3, 0.4) is 0 Å². The molecule has 174 valence electrons. The van der Waals surface area contributed by atoms with Crippen LogP contribution in [0.5, 0.6) is 11.5 Å². The summed E-state index contributed by atoms with van der Waals surface area (Å²) in [5.74, 6) is 0.177. The summed E-state index contributed by atoms with van der Waals surface area (Å²) < 4.78 is 0. The van der Waals surface area contributed by atoms with Crippen molar-refractivity contribution in [1.82, 2.24) is 9.97 Å². The molecule has 0 saturated heterocycles. The molecule has 6 rings (SSSR count). The van der Waals surface area contributed by atoms with Crippen LogP contribution >= 0.6 is 0 Å². The molecule has 2 aromatic heterocycles. The molecule has 0 aliphatic carbocycles. The van der Waals surface area contributed by atoms with Crippen LogP contribution in [0.15, 0.2) is 97.3 Å². The third-order valence-electron chi connectivity index (χ3n) is 6.82. The minimum atomic E-state index is 0.0887. The number of pyridine rings is 2. The topological polar surface area (TPSA) is 66.2 Å². The molecule has 4 nitrogen and oxygen atoms in total. The molecule has 2 heterocycles. The molecule has 0 aliphatic heterocycles. The van der Waals surface area contributed by atoms with Crippen molar-refractivity contribution < 1.29 is 10.2 Å². The van der Waals surface area contributed by atoms with Crippen molar-refractivity contribution in [3.05, 3.63) is 108 Å². The Morgan fingerprint density at radius 1 is 0.528 bits per heavy atom. The Morgan fingerprint density at radius 3 is 1.36 bits per heavy atom. The van der Waals surface area contributed by atoms with E-state index in [4.69, 9.17) is 0 Å². The molecular formula is C32H24N2O2. The van der Waals surface area contributed by atoms with Crippen molar-refractivity contribution in [2.75, 3.05) is 0 Å². The lowest BCUT2D eigenvalue weighted by Gasteiger charge is -2.19. The van der Waals surface area contributed by atoms with E-state index >= 15 is 0 Å². The Hall–Kier alpha value is -4.70. The highest BCUT2D eigenvalue weighted by molar-refractivity contribution is 6.13. The fraction of sp³-hybridized carbons (Fsp3) is 0.0625. The number of hydrogen-bond donors (Lipinski definition) is 2. The Bertz CT molecular complexity index is 1660. The first-order valence-electron chi connectivity index (χ1n) is 11.9. The zero-order chi connectivity index (χ0) is 24.8. The molecule has 36 heavy (non-hydrogen) atoms. The average molecular weight is 469 g/mol. The second-order valence-electron chi connectivity index (χ2n) is 9.08. The molecule has 0 aliphatic rings. The Balaban J connectivity index is 1.79. The summed E-state index contributed by atoms with van der Waals surface area (Å²) in [7, 11) is 0. The zero-order valence-electron chi connectivity index (χ0n) is 20.0. The van der Waals surface area contributed by atoms with Crippen LogP contribution in [-0.2, 0) is 0 Å². The van der Waals surface area contributed by atoms with Crippen LogP contribution in [-0.4, -0.2) is 20.2 Å². The summed E-state index contributed by atoms with van der Waals surface area (Å²) in [4.78, 5) is 9.16. The number of aryl methyl sites for hydroxylation is 2. The van der Waals surface area contributed by atoms with E-state index in [0.29, 0.717) is 33.6 Å². The van der Waals surface area contributed by atoms with Gasteiger partial charge in [0, 0.05) is 34.6 Å². The van der Waals surface area contributed by atoms with Gasteiger partial charge in [-0.2, -0.15) is 0 Å². The van der Waals surface area contributed by atoms with E-state index in [1.807, 2.05) is 98.8 Å². The summed E-state index contributed by atoms with van der Waals surface area (Å²) >= 11 is 0. The van der Waals surface area contributed by atoms with Gasteiger partial charge in [0.05, 0.1) is 11.4 Å². The number of phenolic OH excluding ortho intramolecular Hbond substituents is 2. The first-order chi connectivity index (χ1) is 17.5. The Labute approximate surface area is 209 Å². The van der Waals surface area contributed by atoms with Gasteiger partial charge in [0.1, 0.15) is 11.5 Å². The first-order valence-corrected chi connectivity index (χ1v) is 11.9. The fourth-order valence-corrected chi connectivity index (χ4v) is 5.08. The maximum atomic E-state index is 11.9. The number of aromatic nitrogens is 2. The lowest BCUT2D eigenvalue weighted by Crippen LogP contribution is -1.95. The zero-order valence-corrected chi connectivity index (χ0v) is 20.0. The van der Waals surface area contributed by atoms with Gasteiger partial charge in [0.2, 0.25) is 0 Å². The summed E-state index contributed by atoms with van der Waals surface area (Å²) in [6.07, 6.45) is 3.46. The van der Waals surface area contributed by atoms with Gasteiger partial charge in [-0.05, 0) is 70.8 Å². The summed E-state index contributed by atoms with van der Waals surface area (Å²) in [5, 5.41) is 27.3. The van der Waals surface area contributed by atoms with Crippen LogP contribution in [0.4, 0.5) is 0 Å². The lowest BCUT2D eigenvalue weighted by molar-refractivity contribution is 0.472. The lowest BCUT2D eigenvalue weighted by atomic mass is 9.87. The second kappa shape index (κ2) is 8.51. The summed E-state index contributed by atoms with van der Waals surface area (Å²) in [6, 6.07) is 27.5. The van der Waals surface area contributed by atoms with Crippen LogP contribution in [0.2, 0.25) is 0 Å². The first kappa shape index (κ1) is 21.8. The molecule has 0 spiro atoms. The van der Waals surface area contributed by atoms with Crippen molar-refractivity contribution in [3.63, 3.8) is 0 Å². The Morgan fingerprint density at radius 2 is 0.944 bits per heavy atom. The molecule has 0 unspecified atom stereocenters. The molecule has 0 bridgehead atoms. The van der Waals surface area contributed by atoms with Gasteiger partial charge in [-0.25, -0.2) is 0 Å². The minimum Gasteiger partial charge on any atom is -0.507 e. The van der Waals surface area contributed by atoms with Gasteiger partial charge >= 0.3 is 0 Å². The van der Waals surface area contributed by atoms with Gasteiger partial charge in [-0.15, -0.1) is 0 Å². The standard InChI is InChI=1S/C32H24N2O2/c1-19-9-7-15-33-29(19)25-17-21-11-3-5-13-23(21)27(31(25)35)28-24-14-6-4-12-22(24)18-26(32(28)36)30-20(2)10-8-16-34-30/h3-18,35-36H,1-2H3. The predicted molar refractivity (Wildman–Crippen MR) is 146 cm³/mol. The SMILES string of the molecule is Cc1cccnc1-c1cc2ccccc2c(-c2c(O)c(-c3ncccc3C)cc3ccccc23)c1O. The van der Waals surface area contributed by atoms with Crippen molar-refractivity contribution in [2.24, 2.45) is 0 Å². The highest BCUT2D eigenvalue weighted by Crippen LogP contribution is 2.51. The van der Waals surface area contributed by atoms with E-state index in [1.165, 1.54) is 0 Å². The smallest absolute Gasteiger partial charge is 0.133 e. The van der Waals surface area contributed by atoms with Crippen molar-refractivity contribution in [1.29, 1.82) is 0 Å². The van der Waals surface area contributed by atoms with Gasteiger partial charge in [-0.3, -0.25) is 9.97 Å². The Kier molecular flexibility index (Phi) is 5.15. The van der Waals surface area contributed by atoms with Crippen LogP contribution in [0.25, 0.3) is 55.2 Å². The number of aromatic hydroxyl groups is 2. The molecule has 4 heteroatoms. The molecule has 2 N–H and O–H groups in total. The van der Waals surface area contributed by atoms with E-state index in [1.54, 1.807) is 12.4 Å². The quantitative estimate of drug-likeness (QED) is 0.278. The molecule has 0 saturated carbocycles. The molecule has 4 aromatic carbocycles. The molecular weight excluding hydrogens is 444 g/mol. The maximum Gasteiger partial charge on any atom is 0.133 e. The number of benzene rings is 4. The van der Waals surface area contributed by atoms with E-state index in [9.17, 15) is 10.2 Å². The number of nitrogens with zero attached hydrogens (tertiary/aromatic N) is 2. The van der Waals surface area contributed by atoms with Gasteiger partial charge in [0.15, 0.2) is 0 Å². The summed E-state index contributed by atoms with van der Waals surface area (Å²) in [5.41, 5.74) is 5.76. The molecule has 0 fully saturated rings. The molecule has 6 aromatic rings. The van der Waals surface area contributed by atoms with E-state index in [0.717, 1.165) is 32.7 Å².